The van der Waals surface area contributed by atoms with Crippen LogP contribution < -0.4 is 10.1 Å². The second-order valence-electron chi connectivity index (χ2n) is 5.76. The van der Waals surface area contributed by atoms with E-state index in [0.717, 1.165) is 18.7 Å². The lowest BCUT2D eigenvalue weighted by Gasteiger charge is -2.30. The first kappa shape index (κ1) is 14.4. The molecule has 3 heteroatoms. The first-order chi connectivity index (χ1) is 10.2. The molecule has 2 aromatic rings. The van der Waals surface area contributed by atoms with Gasteiger partial charge in [-0.05, 0) is 24.1 Å². The zero-order valence-electron chi connectivity index (χ0n) is 12.2. The van der Waals surface area contributed by atoms with Crippen LogP contribution in [0.3, 0.4) is 0 Å². The second kappa shape index (κ2) is 6.08. The van der Waals surface area contributed by atoms with Crippen LogP contribution in [0.4, 0.5) is 0 Å². The summed E-state index contributed by atoms with van der Waals surface area (Å²) in [7, 11) is 0. The van der Waals surface area contributed by atoms with Crippen molar-refractivity contribution in [3.05, 3.63) is 65.7 Å². The second-order valence-corrected chi connectivity index (χ2v) is 6.03. The van der Waals surface area contributed by atoms with Crippen molar-refractivity contribution in [1.82, 2.24) is 5.32 Å². The Hall–Kier alpha value is -1.51. The number of nitrogens with one attached hydrogen (secondary N) is 1. The molecule has 110 valence electrons. The van der Waals surface area contributed by atoms with Gasteiger partial charge in [0.15, 0.2) is 0 Å². The van der Waals surface area contributed by atoms with Crippen molar-refractivity contribution in [2.75, 3.05) is 12.4 Å². The van der Waals surface area contributed by atoms with Gasteiger partial charge in [-0.3, -0.25) is 0 Å². The smallest absolute Gasteiger partial charge is 0.123 e. The van der Waals surface area contributed by atoms with E-state index in [-0.39, 0.29) is 11.6 Å². The molecule has 0 amide bonds. The van der Waals surface area contributed by atoms with Crippen LogP contribution in [0.25, 0.3) is 0 Å². The van der Waals surface area contributed by atoms with E-state index < -0.39 is 0 Å². The van der Waals surface area contributed by atoms with Gasteiger partial charge in [-0.25, -0.2) is 0 Å². The number of alkyl halides is 1. The van der Waals surface area contributed by atoms with Crippen LogP contribution in [0, 0.1) is 0 Å². The molecule has 1 heterocycles. The number of benzene rings is 2. The summed E-state index contributed by atoms with van der Waals surface area (Å²) in [5.74, 6) is 1.54. The van der Waals surface area contributed by atoms with E-state index in [9.17, 15) is 0 Å². The van der Waals surface area contributed by atoms with Gasteiger partial charge in [-0.2, -0.15) is 0 Å². The molecule has 0 aliphatic carbocycles. The van der Waals surface area contributed by atoms with Gasteiger partial charge in [0.25, 0.3) is 0 Å². The van der Waals surface area contributed by atoms with E-state index in [2.05, 4.69) is 36.5 Å². The van der Waals surface area contributed by atoms with Gasteiger partial charge in [0.05, 0.1) is 5.54 Å². The molecule has 2 aromatic carbocycles. The Morgan fingerprint density at radius 2 is 1.86 bits per heavy atom. The van der Waals surface area contributed by atoms with Crippen LogP contribution in [0.5, 0.6) is 5.75 Å². The van der Waals surface area contributed by atoms with Crippen molar-refractivity contribution >= 4 is 11.6 Å². The summed E-state index contributed by atoms with van der Waals surface area (Å²) in [6, 6.07) is 18.6. The number of para-hydroxylation sites is 1. The summed E-state index contributed by atoms with van der Waals surface area (Å²) >= 11 is 6.21. The van der Waals surface area contributed by atoms with Crippen LogP contribution in [0.2, 0.25) is 0 Å². The lowest BCUT2D eigenvalue weighted by Crippen LogP contribution is -2.45. The van der Waals surface area contributed by atoms with Crippen molar-refractivity contribution in [1.29, 1.82) is 0 Å². The van der Waals surface area contributed by atoms with Gasteiger partial charge in [0.1, 0.15) is 11.9 Å². The average Bonchev–Trinajstić information content (AvgIpc) is 2.96. The van der Waals surface area contributed by atoms with E-state index in [1.807, 2.05) is 30.3 Å². The quantitative estimate of drug-likeness (QED) is 0.850. The molecule has 21 heavy (non-hydrogen) atoms. The fraction of sp³-hybridized carbons (Fsp3) is 0.333. The normalized spacial score (nSPS) is 19.6. The highest BCUT2D eigenvalue weighted by molar-refractivity contribution is 6.18. The SMILES string of the molecule is CC(CCl)(NCC1Cc2ccccc2O1)c1ccccc1. The molecule has 0 bridgehead atoms. The van der Waals surface area contributed by atoms with E-state index >= 15 is 0 Å². The molecule has 1 aliphatic heterocycles. The largest absolute Gasteiger partial charge is 0.488 e. The predicted octanol–water partition coefficient (Wildman–Crippen LogP) is 3.73. The summed E-state index contributed by atoms with van der Waals surface area (Å²) in [6.45, 7) is 2.92. The van der Waals surface area contributed by atoms with E-state index in [0.29, 0.717) is 5.88 Å². The Morgan fingerprint density at radius 1 is 1.14 bits per heavy atom. The van der Waals surface area contributed by atoms with Gasteiger partial charge >= 0.3 is 0 Å². The minimum Gasteiger partial charge on any atom is -0.488 e. The summed E-state index contributed by atoms with van der Waals surface area (Å²) in [4.78, 5) is 0. The minimum absolute atomic E-state index is 0.175. The molecule has 0 spiro atoms. The molecule has 0 saturated heterocycles. The average molecular weight is 302 g/mol. The first-order valence-electron chi connectivity index (χ1n) is 7.32. The molecule has 2 nitrogen and oxygen atoms in total. The number of fused-ring (bicyclic) bond motifs is 1. The third kappa shape index (κ3) is 3.07. The van der Waals surface area contributed by atoms with E-state index in [1.54, 1.807) is 0 Å². The molecular weight excluding hydrogens is 282 g/mol. The molecular formula is C18H20ClNO. The van der Waals surface area contributed by atoms with Gasteiger partial charge in [0.2, 0.25) is 0 Å². The fourth-order valence-electron chi connectivity index (χ4n) is 2.74. The number of rotatable bonds is 5. The van der Waals surface area contributed by atoms with Crippen molar-refractivity contribution in [2.24, 2.45) is 0 Å². The van der Waals surface area contributed by atoms with Crippen molar-refractivity contribution < 1.29 is 4.74 Å². The standard InChI is InChI=1S/C18H20ClNO/c1-18(13-19,15-8-3-2-4-9-15)20-12-16-11-14-7-5-6-10-17(14)21-16/h2-10,16,20H,11-13H2,1H3. The molecule has 0 saturated carbocycles. The topological polar surface area (TPSA) is 21.3 Å². The predicted molar refractivity (Wildman–Crippen MR) is 87.1 cm³/mol. The lowest BCUT2D eigenvalue weighted by molar-refractivity contribution is 0.209. The maximum absolute atomic E-state index is 6.21. The van der Waals surface area contributed by atoms with Gasteiger partial charge in [0, 0.05) is 18.8 Å². The minimum atomic E-state index is -0.235. The van der Waals surface area contributed by atoms with Crippen molar-refractivity contribution in [3.63, 3.8) is 0 Å². The van der Waals surface area contributed by atoms with Gasteiger partial charge in [-0.15, -0.1) is 11.6 Å². The molecule has 3 rings (SSSR count). The van der Waals surface area contributed by atoms with Crippen LogP contribution in [0.15, 0.2) is 54.6 Å². The number of halogens is 1. The third-order valence-corrected chi connectivity index (χ3v) is 4.65. The Labute approximate surface area is 131 Å². The van der Waals surface area contributed by atoms with Gasteiger partial charge in [-0.1, -0.05) is 48.5 Å². The molecule has 1 aliphatic rings. The number of hydrogen-bond acceptors (Lipinski definition) is 2. The number of hydrogen-bond donors (Lipinski definition) is 1. The fourth-order valence-corrected chi connectivity index (χ4v) is 2.99. The highest BCUT2D eigenvalue weighted by atomic mass is 35.5. The Bertz CT molecular complexity index is 576. The summed E-state index contributed by atoms with van der Waals surface area (Å²) in [5, 5.41) is 3.58. The first-order valence-corrected chi connectivity index (χ1v) is 7.86. The van der Waals surface area contributed by atoms with E-state index in [4.69, 9.17) is 16.3 Å². The molecule has 1 N–H and O–H groups in total. The zero-order valence-corrected chi connectivity index (χ0v) is 12.9. The molecule has 0 fully saturated rings. The molecule has 0 aromatic heterocycles. The lowest BCUT2D eigenvalue weighted by atomic mass is 9.93. The van der Waals surface area contributed by atoms with Crippen molar-refractivity contribution in [3.8, 4) is 5.75 Å². The van der Waals surface area contributed by atoms with Crippen LogP contribution in [-0.2, 0) is 12.0 Å². The molecule has 2 unspecified atom stereocenters. The van der Waals surface area contributed by atoms with Gasteiger partial charge < -0.3 is 10.1 Å². The molecule has 0 radical (unpaired) electrons. The van der Waals surface area contributed by atoms with E-state index in [1.165, 1.54) is 11.1 Å². The Kier molecular flexibility index (Phi) is 4.18. The Morgan fingerprint density at radius 3 is 2.57 bits per heavy atom. The van der Waals surface area contributed by atoms with Crippen molar-refractivity contribution in [2.45, 2.75) is 25.0 Å². The van der Waals surface area contributed by atoms with Crippen LogP contribution >= 0.6 is 11.6 Å². The maximum atomic E-state index is 6.21. The summed E-state index contributed by atoms with van der Waals surface area (Å²) in [5.41, 5.74) is 2.26. The molecule has 2 atom stereocenters. The third-order valence-electron chi connectivity index (χ3n) is 4.11. The zero-order chi connectivity index (χ0) is 14.7. The summed E-state index contributed by atoms with van der Waals surface area (Å²) < 4.78 is 5.98. The van der Waals surface area contributed by atoms with Crippen LogP contribution in [0.1, 0.15) is 18.1 Å². The highest BCUT2D eigenvalue weighted by Gasteiger charge is 2.28. The summed E-state index contributed by atoms with van der Waals surface area (Å²) in [6.07, 6.45) is 1.13. The maximum Gasteiger partial charge on any atom is 0.123 e. The van der Waals surface area contributed by atoms with Crippen LogP contribution in [-0.4, -0.2) is 18.5 Å². The monoisotopic (exact) mass is 301 g/mol. The Balaban J connectivity index is 1.65. The highest BCUT2D eigenvalue weighted by Crippen LogP contribution is 2.29. The number of ether oxygens (including phenoxy) is 1.